The van der Waals surface area contributed by atoms with Gasteiger partial charge in [0.2, 0.25) is 5.95 Å². The number of carbonyl (C=O) groups is 1. The molecule has 0 aromatic carbocycles. The lowest BCUT2D eigenvalue weighted by molar-refractivity contribution is 0.0954. The molecule has 0 aliphatic carbocycles. The second kappa shape index (κ2) is 7.27. The number of rotatable bonds is 4. The molecule has 3 rings (SSSR count). The Balaban J connectivity index is 1.67. The molecule has 23 heavy (non-hydrogen) atoms. The number of amides is 1. The largest absolute Gasteiger partial charge is 0.346 e. The van der Waals surface area contributed by atoms with Crippen LogP contribution < -0.4 is 10.2 Å². The fourth-order valence-electron chi connectivity index (χ4n) is 2.64. The van der Waals surface area contributed by atoms with Crippen LogP contribution in [0.4, 0.5) is 5.95 Å². The summed E-state index contributed by atoms with van der Waals surface area (Å²) in [4.78, 5) is 24.1. The highest BCUT2D eigenvalue weighted by molar-refractivity contribution is 7.17. The predicted molar refractivity (Wildman–Crippen MR) is 93.3 cm³/mol. The third-order valence-electron chi connectivity index (χ3n) is 3.76. The maximum atomic E-state index is 12.1. The molecule has 1 aliphatic rings. The lowest BCUT2D eigenvalue weighted by Gasteiger charge is -2.27. The summed E-state index contributed by atoms with van der Waals surface area (Å²) in [6.07, 6.45) is 3.64. The van der Waals surface area contributed by atoms with E-state index in [0.717, 1.165) is 30.4 Å². The van der Waals surface area contributed by atoms with Gasteiger partial charge in [-0.1, -0.05) is 11.6 Å². The zero-order chi connectivity index (χ0) is 16.2. The van der Waals surface area contributed by atoms with Crippen LogP contribution in [0.15, 0.2) is 18.2 Å². The van der Waals surface area contributed by atoms with Gasteiger partial charge < -0.3 is 10.2 Å². The van der Waals surface area contributed by atoms with Crippen molar-refractivity contribution in [1.29, 1.82) is 0 Å². The molecule has 0 spiro atoms. The van der Waals surface area contributed by atoms with Gasteiger partial charge in [-0.3, -0.25) is 4.79 Å². The average Bonchev–Trinajstić information content (AvgIpc) is 2.99. The van der Waals surface area contributed by atoms with E-state index < -0.39 is 0 Å². The highest BCUT2D eigenvalue weighted by Gasteiger charge is 2.15. The van der Waals surface area contributed by atoms with Crippen LogP contribution in [0.3, 0.4) is 0 Å². The molecule has 2 aromatic heterocycles. The lowest BCUT2D eigenvalue weighted by atomic mass is 10.1. The number of halogens is 1. The van der Waals surface area contributed by atoms with E-state index in [4.69, 9.17) is 11.6 Å². The third-order valence-corrected chi connectivity index (χ3v) is 4.99. The van der Waals surface area contributed by atoms with Gasteiger partial charge in [0.15, 0.2) is 0 Å². The van der Waals surface area contributed by atoms with Crippen LogP contribution in [0.5, 0.6) is 0 Å². The number of carbonyl (C=O) groups excluding carboxylic acids is 1. The molecule has 0 unspecified atom stereocenters. The second-order valence-electron chi connectivity index (χ2n) is 5.63. The van der Waals surface area contributed by atoms with Crippen molar-refractivity contribution in [3.63, 3.8) is 0 Å². The molecule has 1 saturated heterocycles. The summed E-state index contributed by atoms with van der Waals surface area (Å²) >= 11 is 7.13. The van der Waals surface area contributed by atoms with Crippen molar-refractivity contribution in [2.24, 2.45) is 0 Å². The summed E-state index contributed by atoms with van der Waals surface area (Å²) < 4.78 is 0.611. The smallest absolute Gasteiger partial charge is 0.261 e. The van der Waals surface area contributed by atoms with Crippen molar-refractivity contribution in [3.05, 3.63) is 38.8 Å². The number of aryl methyl sites for hydroxylation is 1. The molecule has 7 heteroatoms. The zero-order valence-corrected chi connectivity index (χ0v) is 14.6. The van der Waals surface area contributed by atoms with E-state index in [1.165, 1.54) is 30.6 Å². The number of hydrogen-bond donors (Lipinski definition) is 1. The molecule has 1 N–H and O–H groups in total. The summed E-state index contributed by atoms with van der Waals surface area (Å²) in [6.45, 7) is 4.35. The second-order valence-corrected chi connectivity index (χ2v) is 7.35. The van der Waals surface area contributed by atoms with Crippen LogP contribution in [0, 0.1) is 6.92 Å². The summed E-state index contributed by atoms with van der Waals surface area (Å²) in [5.41, 5.74) is 1.75. The fourth-order valence-corrected chi connectivity index (χ4v) is 3.60. The maximum Gasteiger partial charge on any atom is 0.261 e. The van der Waals surface area contributed by atoms with Gasteiger partial charge in [0, 0.05) is 18.8 Å². The molecule has 5 nitrogen and oxygen atoms in total. The molecule has 2 aromatic rings. The van der Waals surface area contributed by atoms with Gasteiger partial charge in [-0.15, -0.1) is 11.3 Å². The first kappa shape index (κ1) is 16.2. The topological polar surface area (TPSA) is 58.1 Å². The van der Waals surface area contributed by atoms with Gasteiger partial charge in [0.05, 0.1) is 21.5 Å². The van der Waals surface area contributed by atoms with Gasteiger partial charge >= 0.3 is 0 Å². The number of thiophene rings is 1. The van der Waals surface area contributed by atoms with Crippen molar-refractivity contribution in [2.75, 3.05) is 18.0 Å². The first-order valence-electron chi connectivity index (χ1n) is 7.75. The third kappa shape index (κ3) is 4.20. The SMILES string of the molecule is Cc1cc(CNC(=O)c2ccc(Cl)s2)nc(N2CCCCC2)n1. The van der Waals surface area contributed by atoms with E-state index in [2.05, 4.69) is 20.2 Å². The first-order chi connectivity index (χ1) is 11.1. The van der Waals surface area contributed by atoms with E-state index >= 15 is 0 Å². The van der Waals surface area contributed by atoms with Crippen LogP contribution in [0.2, 0.25) is 4.34 Å². The van der Waals surface area contributed by atoms with Crippen LogP contribution in [0.1, 0.15) is 40.3 Å². The standard InChI is InChI=1S/C16H19ClN4OS/c1-11-9-12(10-18-15(22)13-5-6-14(17)23-13)20-16(19-11)21-7-3-2-4-8-21/h5-6,9H,2-4,7-8,10H2,1H3,(H,18,22). The highest BCUT2D eigenvalue weighted by Crippen LogP contribution is 2.21. The van der Waals surface area contributed by atoms with E-state index in [9.17, 15) is 4.79 Å². The normalized spacial score (nSPS) is 14.8. The van der Waals surface area contributed by atoms with Crippen LogP contribution in [0.25, 0.3) is 0 Å². The van der Waals surface area contributed by atoms with E-state index in [-0.39, 0.29) is 5.91 Å². The molecule has 0 atom stereocenters. The van der Waals surface area contributed by atoms with E-state index in [1.54, 1.807) is 12.1 Å². The minimum Gasteiger partial charge on any atom is -0.346 e. The zero-order valence-electron chi connectivity index (χ0n) is 13.0. The Morgan fingerprint density at radius 1 is 1.30 bits per heavy atom. The number of piperidine rings is 1. The lowest BCUT2D eigenvalue weighted by Crippen LogP contribution is -2.31. The molecule has 1 fully saturated rings. The maximum absolute atomic E-state index is 12.1. The Morgan fingerprint density at radius 2 is 2.09 bits per heavy atom. The monoisotopic (exact) mass is 350 g/mol. The van der Waals surface area contributed by atoms with Crippen molar-refractivity contribution in [3.8, 4) is 0 Å². The number of anilines is 1. The molecule has 0 saturated carbocycles. The van der Waals surface area contributed by atoms with Gasteiger partial charge in [0.1, 0.15) is 0 Å². The van der Waals surface area contributed by atoms with Gasteiger partial charge in [-0.05, 0) is 44.4 Å². The van der Waals surface area contributed by atoms with Crippen molar-refractivity contribution in [1.82, 2.24) is 15.3 Å². The first-order valence-corrected chi connectivity index (χ1v) is 8.94. The number of aromatic nitrogens is 2. The quantitative estimate of drug-likeness (QED) is 0.917. The Morgan fingerprint density at radius 3 is 2.78 bits per heavy atom. The van der Waals surface area contributed by atoms with E-state index in [0.29, 0.717) is 15.8 Å². The Kier molecular flexibility index (Phi) is 5.13. The minimum atomic E-state index is -0.127. The Labute approximate surface area is 144 Å². The summed E-state index contributed by atoms with van der Waals surface area (Å²) in [6, 6.07) is 5.37. The predicted octanol–water partition coefficient (Wildman–Crippen LogP) is 3.42. The fraction of sp³-hybridized carbons (Fsp3) is 0.438. The number of hydrogen-bond acceptors (Lipinski definition) is 5. The van der Waals surface area contributed by atoms with Crippen LogP contribution >= 0.6 is 22.9 Å². The van der Waals surface area contributed by atoms with Crippen molar-refractivity contribution < 1.29 is 4.79 Å². The number of nitrogens with one attached hydrogen (secondary N) is 1. The van der Waals surface area contributed by atoms with E-state index in [1.807, 2.05) is 13.0 Å². The molecule has 0 bridgehead atoms. The minimum absolute atomic E-state index is 0.127. The molecule has 122 valence electrons. The van der Waals surface area contributed by atoms with Crippen LogP contribution in [-0.2, 0) is 6.54 Å². The Hall–Kier alpha value is -1.66. The summed E-state index contributed by atoms with van der Waals surface area (Å²) in [7, 11) is 0. The van der Waals surface area contributed by atoms with Gasteiger partial charge in [-0.25, -0.2) is 9.97 Å². The van der Waals surface area contributed by atoms with Crippen LogP contribution in [-0.4, -0.2) is 29.0 Å². The number of nitrogens with zero attached hydrogens (tertiary/aromatic N) is 3. The van der Waals surface area contributed by atoms with Crippen molar-refractivity contribution >= 4 is 34.8 Å². The average molecular weight is 351 g/mol. The summed E-state index contributed by atoms with van der Waals surface area (Å²) in [5.74, 6) is 0.644. The van der Waals surface area contributed by atoms with Crippen molar-refractivity contribution in [2.45, 2.75) is 32.7 Å². The van der Waals surface area contributed by atoms with Gasteiger partial charge in [-0.2, -0.15) is 0 Å². The van der Waals surface area contributed by atoms with Gasteiger partial charge in [0.25, 0.3) is 5.91 Å². The molecular formula is C16H19ClN4OS. The summed E-state index contributed by atoms with van der Waals surface area (Å²) in [5, 5.41) is 2.89. The molecule has 1 amide bonds. The highest BCUT2D eigenvalue weighted by atomic mass is 35.5. The molecule has 1 aliphatic heterocycles. The molecule has 3 heterocycles. The molecular weight excluding hydrogens is 332 g/mol. The molecule has 0 radical (unpaired) electrons. The Bertz CT molecular complexity index is 697.